The largest absolute Gasteiger partial charge is 0.351 e. The fraction of sp³-hybridized carbons (Fsp3) is 0.667. The maximum atomic E-state index is 5.73. The molecule has 0 saturated carbocycles. The molecule has 0 amide bonds. The Morgan fingerprint density at radius 2 is 2.40 bits per heavy atom. The van der Waals surface area contributed by atoms with Crippen LogP contribution in [0.25, 0.3) is 0 Å². The molecule has 1 aromatic rings. The second kappa shape index (κ2) is 4.72. The van der Waals surface area contributed by atoms with E-state index < -0.39 is 0 Å². The minimum absolute atomic E-state index is 0.361. The van der Waals surface area contributed by atoms with Crippen LogP contribution in [0, 0.1) is 6.92 Å². The molecular weight excluding hydrogens is 214 g/mol. The van der Waals surface area contributed by atoms with Crippen LogP contribution in [-0.2, 0) is 0 Å². The van der Waals surface area contributed by atoms with Crippen molar-refractivity contribution in [2.45, 2.75) is 25.8 Å². The Hall–Kier alpha value is -0.940. The highest BCUT2D eigenvalue weighted by Crippen LogP contribution is 2.10. The van der Waals surface area contributed by atoms with Gasteiger partial charge in [0.15, 0.2) is 5.15 Å². The molecule has 1 aliphatic heterocycles. The van der Waals surface area contributed by atoms with Gasteiger partial charge >= 0.3 is 0 Å². The topological polar surface area (TPSA) is 62.7 Å². The standard InChI is InChI=1S/C9H14ClN5/c1-6-8(10)14-15-9(13-6)12-5-7-3-2-4-11-7/h7,11H,2-5H2,1H3,(H,12,13,15)/t7-/m0/s1. The summed E-state index contributed by atoms with van der Waals surface area (Å²) in [6.07, 6.45) is 2.44. The molecule has 0 spiro atoms. The summed E-state index contributed by atoms with van der Waals surface area (Å²) in [6.45, 7) is 3.75. The molecule has 1 fully saturated rings. The van der Waals surface area contributed by atoms with Crippen LogP contribution < -0.4 is 10.6 Å². The quantitative estimate of drug-likeness (QED) is 0.807. The molecule has 0 unspecified atom stereocenters. The van der Waals surface area contributed by atoms with Gasteiger partial charge in [0.2, 0.25) is 5.95 Å². The number of halogens is 1. The molecule has 6 heteroatoms. The summed E-state index contributed by atoms with van der Waals surface area (Å²) < 4.78 is 0. The van der Waals surface area contributed by atoms with Gasteiger partial charge in [0, 0.05) is 12.6 Å². The highest BCUT2D eigenvalue weighted by molar-refractivity contribution is 6.29. The molecule has 0 aliphatic carbocycles. The van der Waals surface area contributed by atoms with Gasteiger partial charge in [-0.1, -0.05) is 11.6 Å². The third-order valence-corrected chi connectivity index (χ3v) is 2.82. The second-order valence-electron chi connectivity index (χ2n) is 3.69. The van der Waals surface area contributed by atoms with Crippen molar-refractivity contribution in [2.75, 3.05) is 18.4 Å². The Bertz CT molecular complexity index is 337. The smallest absolute Gasteiger partial charge is 0.243 e. The third-order valence-electron chi connectivity index (χ3n) is 2.47. The first-order chi connectivity index (χ1) is 7.25. The van der Waals surface area contributed by atoms with E-state index in [0.29, 0.717) is 22.8 Å². The predicted octanol–water partition coefficient (Wildman–Crippen LogP) is 0.997. The van der Waals surface area contributed by atoms with Crippen molar-refractivity contribution in [2.24, 2.45) is 0 Å². The van der Waals surface area contributed by atoms with Crippen molar-refractivity contribution >= 4 is 17.5 Å². The van der Waals surface area contributed by atoms with Crippen molar-refractivity contribution in [3.8, 4) is 0 Å². The normalized spacial score (nSPS) is 20.5. The van der Waals surface area contributed by atoms with Gasteiger partial charge in [-0.05, 0) is 26.3 Å². The van der Waals surface area contributed by atoms with Gasteiger partial charge in [-0.15, -0.1) is 10.2 Å². The lowest BCUT2D eigenvalue weighted by molar-refractivity contribution is 0.630. The molecule has 0 bridgehead atoms. The van der Waals surface area contributed by atoms with E-state index in [0.717, 1.165) is 13.1 Å². The van der Waals surface area contributed by atoms with E-state index in [4.69, 9.17) is 11.6 Å². The summed E-state index contributed by atoms with van der Waals surface area (Å²) in [5.41, 5.74) is 0.702. The van der Waals surface area contributed by atoms with E-state index in [2.05, 4.69) is 25.8 Å². The van der Waals surface area contributed by atoms with Crippen molar-refractivity contribution in [3.05, 3.63) is 10.8 Å². The SMILES string of the molecule is Cc1nc(NC[C@@H]2CCCN2)nnc1Cl. The minimum atomic E-state index is 0.361. The average Bonchev–Trinajstić information content (AvgIpc) is 2.73. The fourth-order valence-electron chi connectivity index (χ4n) is 1.61. The van der Waals surface area contributed by atoms with Crippen LogP contribution in [0.15, 0.2) is 0 Å². The van der Waals surface area contributed by atoms with Crippen molar-refractivity contribution in [1.82, 2.24) is 20.5 Å². The first kappa shape index (κ1) is 10.6. The zero-order valence-electron chi connectivity index (χ0n) is 8.63. The molecule has 2 rings (SSSR count). The molecule has 5 nitrogen and oxygen atoms in total. The van der Waals surface area contributed by atoms with Gasteiger partial charge < -0.3 is 10.6 Å². The van der Waals surface area contributed by atoms with Gasteiger partial charge in [0.1, 0.15) is 0 Å². The van der Waals surface area contributed by atoms with Crippen LogP contribution >= 0.6 is 11.6 Å². The van der Waals surface area contributed by atoms with Crippen LogP contribution in [0.2, 0.25) is 5.15 Å². The predicted molar refractivity (Wildman–Crippen MR) is 59.1 cm³/mol. The molecule has 0 radical (unpaired) electrons. The molecule has 2 heterocycles. The number of aryl methyl sites for hydroxylation is 1. The van der Waals surface area contributed by atoms with E-state index in [-0.39, 0.29) is 0 Å². The summed E-state index contributed by atoms with van der Waals surface area (Å²) in [5, 5.41) is 14.6. The third kappa shape index (κ3) is 2.76. The highest BCUT2D eigenvalue weighted by Gasteiger charge is 2.13. The van der Waals surface area contributed by atoms with E-state index >= 15 is 0 Å². The lowest BCUT2D eigenvalue weighted by Gasteiger charge is -2.10. The van der Waals surface area contributed by atoms with Crippen LogP contribution in [0.3, 0.4) is 0 Å². The van der Waals surface area contributed by atoms with Crippen LogP contribution in [0.4, 0.5) is 5.95 Å². The van der Waals surface area contributed by atoms with Crippen molar-refractivity contribution < 1.29 is 0 Å². The first-order valence-corrected chi connectivity index (χ1v) is 5.47. The lowest BCUT2D eigenvalue weighted by atomic mass is 10.2. The van der Waals surface area contributed by atoms with E-state index in [1.807, 2.05) is 6.92 Å². The number of nitrogens with zero attached hydrogens (tertiary/aromatic N) is 3. The molecule has 0 aromatic carbocycles. The number of hydrogen-bond acceptors (Lipinski definition) is 5. The zero-order chi connectivity index (χ0) is 10.7. The summed E-state index contributed by atoms with van der Waals surface area (Å²) in [4.78, 5) is 4.19. The Labute approximate surface area is 93.6 Å². The summed E-state index contributed by atoms with van der Waals surface area (Å²) >= 11 is 5.73. The maximum Gasteiger partial charge on any atom is 0.243 e. The van der Waals surface area contributed by atoms with E-state index in [1.165, 1.54) is 12.8 Å². The number of nitrogens with one attached hydrogen (secondary N) is 2. The van der Waals surface area contributed by atoms with Gasteiger partial charge in [0.05, 0.1) is 5.69 Å². The zero-order valence-corrected chi connectivity index (χ0v) is 9.38. The first-order valence-electron chi connectivity index (χ1n) is 5.10. The molecular formula is C9H14ClN5. The van der Waals surface area contributed by atoms with E-state index in [1.54, 1.807) is 0 Å². The van der Waals surface area contributed by atoms with Crippen LogP contribution in [0.1, 0.15) is 18.5 Å². The van der Waals surface area contributed by atoms with Gasteiger partial charge in [-0.25, -0.2) is 4.98 Å². The van der Waals surface area contributed by atoms with Crippen molar-refractivity contribution in [1.29, 1.82) is 0 Å². The molecule has 1 aliphatic rings. The molecule has 2 N–H and O–H groups in total. The Morgan fingerprint density at radius 3 is 3.07 bits per heavy atom. The molecule has 1 saturated heterocycles. The Morgan fingerprint density at radius 1 is 1.53 bits per heavy atom. The van der Waals surface area contributed by atoms with E-state index in [9.17, 15) is 0 Å². The average molecular weight is 228 g/mol. The van der Waals surface area contributed by atoms with Gasteiger partial charge in [0.25, 0.3) is 0 Å². The Balaban J connectivity index is 1.90. The van der Waals surface area contributed by atoms with Crippen molar-refractivity contribution in [3.63, 3.8) is 0 Å². The van der Waals surface area contributed by atoms with Gasteiger partial charge in [-0.3, -0.25) is 0 Å². The molecule has 1 atom stereocenters. The Kier molecular flexibility index (Phi) is 3.33. The monoisotopic (exact) mass is 227 g/mol. The van der Waals surface area contributed by atoms with Gasteiger partial charge in [-0.2, -0.15) is 0 Å². The maximum absolute atomic E-state index is 5.73. The summed E-state index contributed by atoms with van der Waals surface area (Å²) in [5.74, 6) is 0.547. The number of hydrogen-bond donors (Lipinski definition) is 2. The molecule has 15 heavy (non-hydrogen) atoms. The number of rotatable bonds is 3. The summed E-state index contributed by atoms with van der Waals surface area (Å²) in [6, 6.07) is 0.518. The molecule has 82 valence electrons. The molecule has 1 aromatic heterocycles. The fourth-order valence-corrected chi connectivity index (χ4v) is 1.69. The minimum Gasteiger partial charge on any atom is -0.351 e. The lowest BCUT2D eigenvalue weighted by Crippen LogP contribution is -2.29. The highest BCUT2D eigenvalue weighted by atomic mass is 35.5. The second-order valence-corrected chi connectivity index (χ2v) is 4.04. The number of anilines is 1. The number of aromatic nitrogens is 3. The van der Waals surface area contributed by atoms with Crippen LogP contribution in [0.5, 0.6) is 0 Å². The van der Waals surface area contributed by atoms with Crippen LogP contribution in [-0.4, -0.2) is 34.3 Å². The summed E-state index contributed by atoms with van der Waals surface area (Å²) in [7, 11) is 0.